The summed E-state index contributed by atoms with van der Waals surface area (Å²) < 4.78 is 26.8. The van der Waals surface area contributed by atoms with Crippen LogP contribution in [0.3, 0.4) is 0 Å². The van der Waals surface area contributed by atoms with E-state index in [2.05, 4.69) is 6.58 Å². The fraction of sp³-hybridized carbons (Fsp3) is 0.800. The Labute approximate surface area is 98.7 Å². The minimum Gasteiger partial charge on any atom is -0.473 e. The molecule has 2 atom stereocenters. The predicted octanol–water partition coefficient (Wildman–Crippen LogP) is 1.70. The first-order valence-electron chi connectivity index (χ1n) is 5.17. The highest BCUT2D eigenvalue weighted by molar-refractivity contribution is 6.62. The lowest BCUT2D eigenvalue weighted by Crippen LogP contribution is -2.56. The topological polar surface area (TPSA) is 46.2 Å². The summed E-state index contributed by atoms with van der Waals surface area (Å²) >= 11 is 0. The molecule has 0 aliphatic carbocycles. The Bertz CT molecular complexity index is 187. The molecule has 0 aliphatic heterocycles. The number of ether oxygens (including phenoxy) is 2. The summed E-state index contributed by atoms with van der Waals surface area (Å²) in [5, 5.41) is 0. The van der Waals surface area contributed by atoms with Gasteiger partial charge in [-0.1, -0.05) is 13.5 Å². The first-order chi connectivity index (χ1) is 7.60. The Morgan fingerprint density at radius 1 is 1.19 bits per heavy atom. The molecule has 96 valence electrons. The van der Waals surface area contributed by atoms with Crippen LogP contribution in [0.1, 0.15) is 20.3 Å². The highest BCUT2D eigenvalue weighted by Crippen LogP contribution is 2.19. The van der Waals surface area contributed by atoms with Crippen molar-refractivity contribution in [3.05, 3.63) is 12.8 Å². The van der Waals surface area contributed by atoms with E-state index < -0.39 is 15.1 Å². The van der Waals surface area contributed by atoms with Gasteiger partial charge in [0.25, 0.3) is 0 Å². The van der Waals surface area contributed by atoms with Gasteiger partial charge >= 0.3 is 8.80 Å². The van der Waals surface area contributed by atoms with Gasteiger partial charge in [-0.25, -0.2) is 0 Å². The van der Waals surface area contributed by atoms with E-state index in [0.29, 0.717) is 6.42 Å². The molecule has 0 rings (SSSR count). The van der Waals surface area contributed by atoms with Crippen molar-refractivity contribution in [1.82, 2.24) is 0 Å². The van der Waals surface area contributed by atoms with E-state index in [1.807, 2.05) is 6.92 Å². The molecule has 6 heteroatoms. The standard InChI is InChI=1S/C10H22O5Si/c1-7-10(15-9(3)14-8-2)16(11-4,12-5)13-6/h8-10H,2,7H2,1,3-6H3. The van der Waals surface area contributed by atoms with Gasteiger partial charge < -0.3 is 22.8 Å². The SMILES string of the molecule is C=COC(C)OC(CC)[Si](OC)(OC)OC. The summed E-state index contributed by atoms with van der Waals surface area (Å²) in [6, 6.07) is 0. The third-order valence-corrected chi connectivity index (χ3v) is 5.30. The molecular formula is C10H22O5Si. The highest BCUT2D eigenvalue weighted by Gasteiger charge is 2.48. The Kier molecular flexibility index (Phi) is 7.61. The van der Waals surface area contributed by atoms with Gasteiger partial charge in [-0.15, -0.1) is 0 Å². The number of hydrogen-bond acceptors (Lipinski definition) is 5. The summed E-state index contributed by atoms with van der Waals surface area (Å²) in [4.78, 5) is 0. The van der Waals surface area contributed by atoms with Crippen molar-refractivity contribution in [3.8, 4) is 0 Å². The van der Waals surface area contributed by atoms with Gasteiger partial charge in [0.2, 0.25) is 0 Å². The van der Waals surface area contributed by atoms with E-state index in [1.54, 1.807) is 28.3 Å². The fourth-order valence-electron chi connectivity index (χ4n) is 1.47. The van der Waals surface area contributed by atoms with Crippen molar-refractivity contribution in [2.24, 2.45) is 0 Å². The van der Waals surface area contributed by atoms with Gasteiger partial charge in [0.05, 0.1) is 6.26 Å². The average molecular weight is 250 g/mol. The lowest BCUT2D eigenvalue weighted by atomic mass is 10.5. The second kappa shape index (κ2) is 7.80. The second-order valence-electron chi connectivity index (χ2n) is 3.12. The Morgan fingerprint density at radius 3 is 2.00 bits per heavy atom. The van der Waals surface area contributed by atoms with Crippen LogP contribution in [0, 0.1) is 0 Å². The molecule has 0 radical (unpaired) electrons. The zero-order valence-electron chi connectivity index (χ0n) is 10.7. The van der Waals surface area contributed by atoms with Gasteiger partial charge in [-0.05, 0) is 13.3 Å². The molecule has 0 heterocycles. The monoisotopic (exact) mass is 250 g/mol. The molecule has 0 fully saturated rings. The van der Waals surface area contributed by atoms with E-state index in [0.717, 1.165) is 0 Å². The lowest BCUT2D eigenvalue weighted by molar-refractivity contribution is -0.127. The molecule has 0 N–H and O–H groups in total. The maximum absolute atomic E-state index is 5.67. The van der Waals surface area contributed by atoms with Crippen LogP contribution in [0.5, 0.6) is 0 Å². The van der Waals surface area contributed by atoms with Crippen molar-refractivity contribution in [3.63, 3.8) is 0 Å². The summed E-state index contributed by atoms with van der Waals surface area (Å²) in [6.45, 7) is 7.23. The van der Waals surface area contributed by atoms with Gasteiger partial charge in [0, 0.05) is 21.3 Å². The Hall–Kier alpha value is -0.403. The molecule has 0 amide bonds. The second-order valence-corrected chi connectivity index (χ2v) is 6.20. The summed E-state index contributed by atoms with van der Waals surface area (Å²) in [5.74, 6) is 0. The molecule has 16 heavy (non-hydrogen) atoms. The summed E-state index contributed by atoms with van der Waals surface area (Å²) in [5.41, 5.74) is -0.262. The van der Waals surface area contributed by atoms with E-state index in [4.69, 9.17) is 22.8 Å². The van der Waals surface area contributed by atoms with Crippen molar-refractivity contribution in [1.29, 1.82) is 0 Å². The minimum absolute atomic E-state index is 0.262. The van der Waals surface area contributed by atoms with Crippen molar-refractivity contribution in [2.75, 3.05) is 21.3 Å². The first-order valence-corrected chi connectivity index (χ1v) is 6.97. The van der Waals surface area contributed by atoms with Crippen molar-refractivity contribution < 1.29 is 22.8 Å². The molecule has 0 aromatic rings. The summed E-state index contributed by atoms with van der Waals surface area (Å²) in [6.07, 6.45) is 1.65. The van der Waals surface area contributed by atoms with Crippen LogP contribution in [0.25, 0.3) is 0 Å². The van der Waals surface area contributed by atoms with Crippen molar-refractivity contribution in [2.45, 2.75) is 32.3 Å². The van der Waals surface area contributed by atoms with E-state index in [9.17, 15) is 0 Å². The minimum atomic E-state index is -2.78. The van der Waals surface area contributed by atoms with E-state index in [1.165, 1.54) is 6.26 Å². The average Bonchev–Trinajstić information content (AvgIpc) is 2.30. The quantitative estimate of drug-likeness (QED) is 0.354. The zero-order valence-corrected chi connectivity index (χ0v) is 11.7. The Morgan fingerprint density at radius 2 is 1.69 bits per heavy atom. The smallest absolute Gasteiger partial charge is 0.473 e. The molecule has 0 aromatic carbocycles. The van der Waals surface area contributed by atoms with E-state index >= 15 is 0 Å². The van der Waals surface area contributed by atoms with Crippen LogP contribution in [-0.2, 0) is 22.8 Å². The van der Waals surface area contributed by atoms with Crippen LogP contribution in [-0.4, -0.2) is 42.2 Å². The number of hydrogen-bond donors (Lipinski definition) is 0. The van der Waals surface area contributed by atoms with E-state index in [-0.39, 0.29) is 5.73 Å². The predicted molar refractivity (Wildman–Crippen MR) is 62.7 cm³/mol. The normalized spacial score (nSPS) is 15.6. The molecule has 0 aromatic heterocycles. The van der Waals surface area contributed by atoms with Crippen LogP contribution >= 0.6 is 0 Å². The maximum atomic E-state index is 5.67. The van der Waals surface area contributed by atoms with Crippen LogP contribution < -0.4 is 0 Å². The molecule has 5 nitrogen and oxygen atoms in total. The first kappa shape index (κ1) is 15.6. The van der Waals surface area contributed by atoms with Crippen LogP contribution in [0.4, 0.5) is 0 Å². The largest absolute Gasteiger partial charge is 0.530 e. The lowest BCUT2D eigenvalue weighted by Gasteiger charge is -2.32. The van der Waals surface area contributed by atoms with Gasteiger partial charge in [0.15, 0.2) is 6.29 Å². The van der Waals surface area contributed by atoms with Crippen LogP contribution in [0.2, 0.25) is 0 Å². The molecule has 0 saturated heterocycles. The molecule has 0 bridgehead atoms. The van der Waals surface area contributed by atoms with Gasteiger partial charge in [-0.2, -0.15) is 0 Å². The third-order valence-electron chi connectivity index (χ3n) is 2.26. The zero-order chi connectivity index (χ0) is 12.6. The molecule has 0 spiro atoms. The maximum Gasteiger partial charge on any atom is 0.530 e. The van der Waals surface area contributed by atoms with Crippen molar-refractivity contribution >= 4 is 8.80 Å². The third kappa shape index (κ3) is 3.87. The number of rotatable bonds is 9. The molecule has 2 unspecified atom stereocenters. The molecule has 0 aliphatic rings. The van der Waals surface area contributed by atoms with Crippen LogP contribution in [0.15, 0.2) is 12.8 Å². The molecular weight excluding hydrogens is 228 g/mol. The Balaban J connectivity index is 4.60. The van der Waals surface area contributed by atoms with Gasteiger partial charge in [-0.3, -0.25) is 0 Å². The highest BCUT2D eigenvalue weighted by atomic mass is 28.4. The van der Waals surface area contributed by atoms with Gasteiger partial charge in [0.1, 0.15) is 5.73 Å². The summed E-state index contributed by atoms with van der Waals surface area (Å²) in [7, 11) is 1.90. The fourth-order valence-corrected chi connectivity index (χ4v) is 3.62. The molecule has 0 saturated carbocycles.